The number of aryl methyl sites for hydroxylation is 1. The number of aromatic carboxylic acids is 1. The summed E-state index contributed by atoms with van der Waals surface area (Å²) in [5.41, 5.74) is 5.19. The number of rotatable bonds is 11. The van der Waals surface area contributed by atoms with Gasteiger partial charge in [-0.2, -0.15) is 0 Å². The largest absolute Gasteiger partial charge is 0.497 e. The average molecular weight is 489 g/mol. The van der Waals surface area contributed by atoms with Crippen LogP contribution in [0.4, 0.5) is 0 Å². The van der Waals surface area contributed by atoms with E-state index < -0.39 is 5.97 Å². The van der Waals surface area contributed by atoms with Gasteiger partial charge in [0.05, 0.1) is 26.8 Å². The Morgan fingerprint density at radius 1 is 0.944 bits per heavy atom. The molecule has 0 fully saturated rings. The number of benzene rings is 3. The van der Waals surface area contributed by atoms with Crippen molar-refractivity contribution in [1.82, 2.24) is 9.88 Å². The molecule has 1 aromatic heterocycles. The molecule has 4 aromatic rings. The fraction of sp³-hybridized carbons (Fsp3) is 0.276. The number of nitrogens with one attached hydrogen (secondary N) is 1. The zero-order valence-corrected chi connectivity index (χ0v) is 21.1. The lowest BCUT2D eigenvalue weighted by molar-refractivity contribution is 0.0684. The van der Waals surface area contributed by atoms with Gasteiger partial charge in [-0.3, -0.25) is 0 Å². The van der Waals surface area contributed by atoms with Crippen molar-refractivity contribution in [3.05, 3.63) is 88.6 Å². The summed E-state index contributed by atoms with van der Waals surface area (Å²) in [6.07, 6.45) is 0.762. The lowest BCUT2D eigenvalue weighted by Gasteiger charge is -2.12. The maximum absolute atomic E-state index is 12.5. The molecule has 4 rings (SSSR count). The van der Waals surface area contributed by atoms with Crippen LogP contribution < -0.4 is 19.5 Å². The fourth-order valence-electron chi connectivity index (χ4n) is 4.56. The minimum Gasteiger partial charge on any atom is -0.497 e. The Balaban J connectivity index is 1.62. The van der Waals surface area contributed by atoms with Crippen molar-refractivity contribution in [2.24, 2.45) is 0 Å². The van der Waals surface area contributed by atoms with Gasteiger partial charge in [-0.1, -0.05) is 30.3 Å². The van der Waals surface area contributed by atoms with Crippen LogP contribution in [0.3, 0.4) is 0 Å². The zero-order valence-electron chi connectivity index (χ0n) is 21.1. The van der Waals surface area contributed by atoms with Gasteiger partial charge in [-0.05, 0) is 60.8 Å². The summed E-state index contributed by atoms with van der Waals surface area (Å²) in [5.74, 6) is 1.12. The van der Waals surface area contributed by atoms with Gasteiger partial charge in [-0.25, -0.2) is 4.79 Å². The highest BCUT2D eigenvalue weighted by molar-refractivity contribution is 5.98. The van der Waals surface area contributed by atoms with Crippen LogP contribution in [0.25, 0.3) is 10.9 Å². The molecule has 188 valence electrons. The van der Waals surface area contributed by atoms with E-state index in [1.807, 2.05) is 72.2 Å². The second-order valence-electron chi connectivity index (χ2n) is 8.64. The first kappa shape index (κ1) is 25.1. The van der Waals surface area contributed by atoms with E-state index in [0.717, 1.165) is 39.6 Å². The number of carbonyl (C=O) groups is 1. The number of ether oxygens (including phenoxy) is 3. The molecule has 0 amide bonds. The smallest absolute Gasteiger partial charge is 0.352 e. The van der Waals surface area contributed by atoms with Crippen LogP contribution in [0.15, 0.2) is 60.7 Å². The summed E-state index contributed by atoms with van der Waals surface area (Å²) >= 11 is 0. The number of fused-ring (bicyclic) bond motifs is 1. The van der Waals surface area contributed by atoms with E-state index in [4.69, 9.17) is 14.2 Å². The molecule has 0 atom stereocenters. The average Bonchev–Trinajstić information content (AvgIpc) is 3.20. The summed E-state index contributed by atoms with van der Waals surface area (Å²) in [6, 6.07) is 19.6. The third-order valence-electron chi connectivity index (χ3n) is 6.51. The standard InChI is InChI=1S/C29H32N2O5/c1-19-7-5-6-8-21(19)18-31-25-16-22(34-2)10-11-23(25)24(28(31)29(32)33)17-30-14-13-20-9-12-26(35-3)27(15-20)36-4/h5-12,15-16,30H,13-14,17-18H2,1-4H3,(H,32,33). The molecule has 1 heterocycles. The Kier molecular flexibility index (Phi) is 7.80. The van der Waals surface area contributed by atoms with E-state index in [9.17, 15) is 9.90 Å². The van der Waals surface area contributed by atoms with Gasteiger partial charge in [0, 0.05) is 30.1 Å². The molecular formula is C29H32N2O5. The Bertz CT molecular complexity index is 1380. The van der Waals surface area contributed by atoms with Gasteiger partial charge in [0.2, 0.25) is 0 Å². The van der Waals surface area contributed by atoms with Gasteiger partial charge >= 0.3 is 5.97 Å². The molecule has 0 radical (unpaired) electrons. The maximum atomic E-state index is 12.5. The molecule has 7 nitrogen and oxygen atoms in total. The minimum atomic E-state index is -0.949. The van der Waals surface area contributed by atoms with Crippen LogP contribution in [0.1, 0.15) is 32.7 Å². The van der Waals surface area contributed by atoms with Crippen molar-refractivity contribution in [2.75, 3.05) is 27.9 Å². The molecule has 0 unspecified atom stereocenters. The molecule has 36 heavy (non-hydrogen) atoms. The number of hydrogen-bond donors (Lipinski definition) is 2. The molecule has 0 saturated carbocycles. The fourth-order valence-corrected chi connectivity index (χ4v) is 4.56. The summed E-state index contributed by atoms with van der Waals surface area (Å²) in [5, 5.41) is 14.6. The zero-order chi connectivity index (χ0) is 25.7. The number of methoxy groups -OCH3 is 3. The molecule has 7 heteroatoms. The minimum absolute atomic E-state index is 0.292. The summed E-state index contributed by atoms with van der Waals surface area (Å²) < 4.78 is 18.0. The Morgan fingerprint density at radius 2 is 1.72 bits per heavy atom. The second-order valence-corrected chi connectivity index (χ2v) is 8.64. The van der Waals surface area contributed by atoms with Crippen LogP contribution >= 0.6 is 0 Å². The topological polar surface area (TPSA) is 81.9 Å². The normalized spacial score (nSPS) is 11.0. The molecular weight excluding hydrogens is 456 g/mol. The third-order valence-corrected chi connectivity index (χ3v) is 6.51. The van der Waals surface area contributed by atoms with Crippen molar-refractivity contribution in [3.63, 3.8) is 0 Å². The molecule has 0 saturated heterocycles. The molecule has 0 spiro atoms. The predicted molar refractivity (Wildman–Crippen MR) is 141 cm³/mol. The molecule has 2 N–H and O–H groups in total. The van der Waals surface area contributed by atoms with Crippen molar-refractivity contribution < 1.29 is 24.1 Å². The highest BCUT2D eigenvalue weighted by atomic mass is 16.5. The van der Waals surface area contributed by atoms with E-state index in [1.165, 1.54) is 0 Å². The van der Waals surface area contributed by atoms with Crippen LogP contribution in [0, 0.1) is 6.92 Å². The lowest BCUT2D eigenvalue weighted by Crippen LogP contribution is -2.19. The van der Waals surface area contributed by atoms with Crippen molar-refractivity contribution >= 4 is 16.9 Å². The van der Waals surface area contributed by atoms with Crippen molar-refractivity contribution in [1.29, 1.82) is 0 Å². The van der Waals surface area contributed by atoms with E-state index in [-0.39, 0.29) is 0 Å². The monoisotopic (exact) mass is 488 g/mol. The van der Waals surface area contributed by atoms with E-state index in [2.05, 4.69) is 5.32 Å². The van der Waals surface area contributed by atoms with Gasteiger partial charge in [0.15, 0.2) is 11.5 Å². The molecule has 3 aromatic carbocycles. The molecule has 0 aliphatic heterocycles. The highest BCUT2D eigenvalue weighted by Gasteiger charge is 2.23. The first-order valence-corrected chi connectivity index (χ1v) is 11.8. The van der Waals surface area contributed by atoms with E-state index >= 15 is 0 Å². The summed E-state index contributed by atoms with van der Waals surface area (Å²) in [7, 11) is 4.85. The summed E-state index contributed by atoms with van der Waals surface area (Å²) in [6.45, 7) is 3.61. The van der Waals surface area contributed by atoms with E-state index in [1.54, 1.807) is 21.3 Å². The van der Waals surface area contributed by atoms with Gasteiger partial charge in [0.25, 0.3) is 0 Å². The second kappa shape index (κ2) is 11.2. The number of nitrogens with zero attached hydrogens (tertiary/aromatic N) is 1. The highest BCUT2D eigenvalue weighted by Crippen LogP contribution is 2.31. The lowest BCUT2D eigenvalue weighted by atomic mass is 10.1. The predicted octanol–water partition coefficient (Wildman–Crippen LogP) is 5.05. The van der Waals surface area contributed by atoms with E-state index in [0.29, 0.717) is 42.6 Å². The Labute approximate surface area is 211 Å². The number of hydrogen-bond acceptors (Lipinski definition) is 5. The Hall–Kier alpha value is -3.97. The maximum Gasteiger partial charge on any atom is 0.352 e. The molecule has 0 aliphatic carbocycles. The third kappa shape index (κ3) is 5.16. The van der Waals surface area contributed by atoms with Gasteiger partial charge in [-0.15, -0.1) is 0 Å². The first-order valence-electron chi connectivity index (χ1n) is 11.8. The van der Waals surface area contributed by atoms with Crippen LogP contribution in [-0.2, 0) is 19.5 Å². The first-order chi connectivity index (χ1) is 17.5. The van der Waals surface area contributed by atoms with Crippen molar-refractivity contribution in [2.45, 2.75) is 26.4 Å². The number of carboxylic acid groups (broad SMARTS) is 1. The Morgan fingerprint density at radius 3 is 2.42 bits per heavy atom. The van der Waals surface area contributed by atoms with Gasteiger partial charge < -0.3 is 29.2 Å². The van der Waals surface area contributed by atoms with Crippen LogP contribution in [0.5, 0.6) is 17.2 Å². The van der Waals surface area contributed by atoms with Crippen molar-refractivity contribution in [3.8, 4) is 17.2 Å². The SMILES string of the molecule is COc1ccc2c(CNCCc3ccc(OC)c(OC)c3)c(C(=O)O)n(Cc3ccccc3C)c2c1. The van der Waals surface area contributed by atoms with Gasteiger partial charge in [0.1, 0.15) is 11.4 Å². The van der Waals surface area contributed by atoms with Crippen LogP contribution in [0.2, 0.25) is 0 Å². The van der Waals surface area contributed by atoms with Crippen LogP contribution in [-0.4, -0.2) is 43.5 Å². The summed E-state index contributed by atoms with van der Waals surface area (Å²) in [4.78, 5) is 12.5. The quantitative estimate of drug-likeness (QED) is 0.288. The molecule has 0 aliphatic rings. The number of aromatic nitrogens is 1. The molecule has 0 bridgehead atoms. The number of carboxylic acids is 1.